The maximum absolute atomic E-state index is 10.6. The van der Waals surface area contributed by atoms with E-state index in [9.17, 15) is 4.79 Å². The van der Waals surface area contributed by atoms with Crippen LogP contribution in [-0.2, 0) is 13.9 Å². The SMILES string of the molecule is CC(C)(C)C(=O)OP.O=[P+](O)O. The molecule has 5 nitrogen and oxygen atoms in total. The van der Waals surface area contributed by atoms with Crippen molar-refractivity contribution in [2.45, 2.75) is 20.8 Å². The molecular formula is C5H13O5P2+. The third-order valence-corrected chi connectivity index (χ3v) is 0.933. The van der Waals surface area contributed by atoms with Crippen molar-refractivity contribution in [2.24, 2.45) is 5.41 Å². The Labute approximate surface area is 74.4 Å². The van der Waals surface area contributed by atoms with E-state index in [0.717, 1.165) is 0 Å². The highest BCUT2D eigenvalue weighted by atomic mass is 31.1. The summed E-state index contributed by atoms with van der Waals surface area (Å²) < 4.78 is 13.1. The van der Waals surface area contributed by atoms with E-state index in [1.54, 1.807) is 20.8 Å². The largest absolute Gasteiger partial charge is 0.692 e. The van der Waals surface area contributed by atoms with Gasteiger partial charge < -0.3 is 4.52 Å². The molecule has 0 rings (SSSR count). The Hall–Kier alpha value is -0.0800. The third-order valence-electron chi connectivity index (χ3n) is 0.719. The van der Waals surface area contributed by atoms with Crippen LogP contribution in [0.25, 0.3) is 0 Å². The number of hydrogen-bond donors (Lipinski definition) is 2. The Morgan fingerprint density at radius 3 is 1.67 bits per heavy atom. The topological polar surface area (TPSA) is 83.8 Å². The van der Waals surface area contributed by atoms with Gasteiger partial charge in [0.25, 0.3) is 0 Å². The zero-order valence-corrected chi connectivity index (χ0v) is 9.19. The van der Waals surface area contributed by atoms with Gasteiger partial charge in [0.15, 0.2) is 0 Å². The summed E-state index contributed by atoms with van der Waals surface area (Å²) in [7, 11) is -0.939. The number of rotatable bonds is 0. The number of hydrogen-bond acceptors (Lipinski definition) is 3. The zero-order chi connectivity index (χ0) is 10.4. The molecule has 0 bridgehead atoms. The van der Waals surface area contributed by atoms with Crippen LogP contribution in [0.5, 0.6) is 0 Å². The average molecular weight is 215 g/mol. The molecule has 0 amide bonds. The number of carbonyl (C=O) groups excluding carboxylic acids is 1. The second-order valence-corrected chi connectivity index (χ2v) is 3.65. The zero-order valence-electron chi connectivity index (χ0n) is 7.14. The molecule has 0 saturated carbocycles. The predicted molar refractivity (Wildman–Crippen MR) is 47.3 cm³/mol. The molecule has 1 unspecified atom stereocenters. The molecule has 0 aliphatic heterocycles. The molecule has 7 heteroatoms. The molecular weight excluding hydrogens is 202 g/mol. The van der Waals surface area contributed by atoms with E-state index in [1.807, 2.05) is 9.47 Å². The van der Waals surface area contributed by atoms with Gasteiger partial charge in [0, 0.05) is 4.57 Å². The molecule has 1 atom stereocenters. The lowest BCUT2D eigenvalue weighted by molar-refractivity contribution is -0.141. The van der Waals surface area contributed by atoms with Crippen LogP contribution in [0.1, 0.15) is 20.8 Å². The second kappa shape index (κ2) is 6.44. The van der Waals surface area contributed by atoms with Crippen LogP contribution in [-0.4, -0.2) is 15.8 Å². The first kappa shape index (κ1) is 14.4. The monoisotopic (exact) mass is 215 g/mol. The smallest absolute Gasteiger partial charge is 0.451 e. The molecule has 0 aromatic rings. The molecule has 0 saturated heterocycles. The molecule has 0 fully saturated rings. The third kappa shape index (κ3) is 12.6. The molecule has 0 aromatic heterocycles. The molecule has 2 N–H and O–H groups in total. The fourth-order valence-electron chi connectivity index (χ4n) is 0.177. The number of carbonyl (C=O) groups is 1. The highest BCUT2D eigenvalue weighted by molar-refractivity contribution is 7.30. The maximum atomic E-state index is 10.6. The lowest BCUT2D eigenvalue weighted by Gasteiger charge is -2.12. The fraction of sp³-hybridized carbons (Fsp3) is 0.800. The second-order valence-electron chi connectivity index (χ2n) is 2.91. The highest BCUT2D eigenvalue weighted by Gasteiger charge is 2.21. The van der Waals surface area contributed by atoms with E-state index < -0.39 is 8.25 Å². The highest BCUT2D eigenvalue weighted by Crippen LogP contribution is 2.16. The summed E-state index contributed by atoms with van der Waals surface area (Å²) in [4.78, 5) is 24.8. The van der Waals surface area contributed by atoms with Crippen LogP contribution in [0, 0.1) is 5.41 Å². The summed E-state index contributed by atoms with van der Waals surface area (Å²) in [5, 5.41) is 0. The standard InChI is InChI=1S/C5H11O2P.HO3P/c1-5(2,3)4(6)7-8;1-4(2)3/h8H2,1-3H3;(H-,1,2,3)/p+1. The van der Waals surface area contributed by atoms with Crippen molar-refractivity contribution in [1.82, 2.24) is 0 Å². The van der Waals surface area contributed by atoms with Crippen LogP contribution < -0.4 is 0 Å². The van der Waals surface area contributed by atoms with Crippen LogP contribution in [0.15, 0.2) is 0 Å². The van der Waals surface area contributed by atoms with Gasteiger partial charge in [-0.1, -0.05) is 0 Å². The van der Waals surface area contributed by atoms with Gasteiger partial charge in [-0.3, -0.25) is 4.79 Å². The van der Waals surface area contributed by atoms with Crippen LogP contribution in [0.2, 0.25) is 0 Å². The van der Waals surface area contributed by atoms with Crippen molar-refractivity contribution in [2.75, 3.05) is 0 Å². The van der Waals surface area contributed by atoms with Crippen LogP contribution in [0.4, 0.5) is 0 Å². The summed E-state index contributed by atoms with van der Waals surface area (Å²) >= 11 is 0. The summed E-state index contributed by atoms with van der Waals surface area (Å²) in [5.41, 5.74) is -0.373. The van der Waals surface area contributed by atoms with Gasteiger partial charge in [-0.05, 0) is 20.8 Å². The van der Waals surface area contributed by atoms with E-state index in [4.69, 9.17) is 14.4 Å². The summed E-state index contributed by atoms with van der Waals surface area (Å²) in [6.07, 6.45) is 0. The van der Waals surface area contributed by atoms with Gasteiger partial charge in [-0.25, -0.2) is 0 Å². The quantitative estimate of drug-likeness (QED) is 0.588. The van der Waals surface area contributed by atoms with E-state index in [-0.39, 0.29) is 11.4 Å². The van der Waals surface area contributed by atoms with E-state index >= 15 is 0 Å². The summed E-state index contributed by atoms with van der Waals surface area (Å²) in [6.45, 7) is 5.41. The molecule has 0 spiro atoms. The maximum Gasteiger partial charge on any atom is 0.692 e. The molecule has 0 aliphatic carbocycles. The first-order valence-electron chi connectivity index (χ1n) is 2.98. The van der Waals surface area contributed by atoms with Gasteiger partial charge in [0.2, 0.25) is 0 Å². The van der Waals surface area contributed by atoms with Crippen molar-refractivity contribution in [3.05, 3.63) is 0 Å². The van der Waals surface area contributed by atoms with Crippen molar-refractivity contribution in [3.63, 3.8) is 0 Å². The lowest BCUT2D eigenvalue weighted by atomic mass is 9.98. The van der Waals surface area contributed by atoms with Crippen LogP contribution >= 0.6 is 17.7 Å². The van der Waals surface area contributed by atoms with Crippen molar-refractivity contribution < 1.29 is 23.7 Å². The summed E-state index contributed by atoms with van der Waals surface area (Å²) in [5.74, 6) is -0.206. The van der Waals surface area contributed by atoms with Crippen molar-refractivity contribution in [3.8, 4) is 0 Å². The Morgan fingerprint density at radius 1 is 1.42 bits per heavy atom. The van der Waals surface area contributed by atoms with E-state index in [1.165, 1.54) is 0 Å². The van der Waals surface area contributed by atoms with Crippen molar-refractivity contribution in [1.29, 1.82) is 0 Å². The fourth-order valence-corrected chi connectivity index (χ4v) is 0.530. The normalized spacial score (nSPS) is 9.50. The van der Waals surface area contributed by atoms with E-state index in [0.29, 0.717) is 0 Å². The Balaban J connectivity index is 0. The first-order chi connectivity index (χ1) is 5.21. The van der Waals surface area contributed by atoms with Gasteiger partial charge in [0.1, 0.15) is 0 Å². The molecule has 0 aliphatic rings. The molecule has 72 valence electrons. The van der Waals surface area contributed by atoms with Gasteiger partial charge >= 0.3 is 14.2 Å². The Morgan fingerprint density at radius 2 is 1.67 bits per heavy atom. The van der Waals surface area contributed by atoms with Gasteiger partial charge in [-0.15, -0.1) is 9.79 Å². The van der Waals surface area contributed by atoms with Gasteiger partial charge in [-0.2, -0.15) is 0 Å². The predicted octanol–water partition coefficient (Wildman–Crippen LogP) is 0.994. The average Bonchev–Trinajstić information content (AvgIpc) is 1.82. The Bertz CT molecular complexity index is 158. The molecule has 12 heavy (non-hydrogen) atoms. The minimum absolute atomic E-state index is 0.206. The van der Waals surface area contributed by atoms with Crippen molar-refractivity contribution >= 4 is 23.7 Å². The minimum atomic E-state index is -2.87. The Kier molecular flexibility index (Phi) is 7.75. The van der Waals surface area contributed by atoms with Crippen LogP contribution in [0.3, 0.4) is 0 Å². The van der Waals surface area contributed by atoms with E-state index in [2.05, 4.69) is 4.52 Å². The minimum Gasteiger partial charge on any atom is -0.451 e. The lowest BCUT2D eigenvalue weighted by Crippen LogP contribution is -2.19. The first-order valence-corrected chi connectivity index (χ1v) is 4.61. The summed E-state index contributed by atoms with van der Waals surface area (Å²) in [6, 6.07) is 0. The van der Waals surface area contributed by atoms with Gasteiger partial charge in [0.05, 0.1) is 14.9 Å². The molecule has 0 aromatic carbocycles. The molecule has 0 heterocycles. The molecule has 0 radical (unpaired) electrons.